The number of anilines is 1. The highest BCUT2D eigenvalue weighted by atomic mass is 16.2. The number of nitrogens with zero attached hydrogens (tertiary/aromatic N) is 3. The lowest BCUT2D eigenvalue weighted by Crippen LogP contribution is -2.41. The molecule has 5 nitrogen and oxygen atoms in total. The van der Waals surface area contributed by atoms with E-state index < -0.39 is 0 Å². The predicted octanol–water partition coefficient (Wildman–Crippen LogP) is 2.46. The number of aryl methyl sites for hydroxylation is 2. The van der Waals surface area contributed by atoms with Crippen molar-refractivity contribution in [2.24, 2.45) is 0 Å². The van der Waals surface area contributed by atoms with Gasteiger partial charge in [-0.25, -0.2) is 0 Å². The maximum atomic E-state index is 12.5. The van der Waals surface area contributed by atoms with Crippen LogP contribution in [-0.4, -0.2) is 34.8 Å². The van der Waals surface area contributed by atoms with E-state index in [0.29, 0.717) is 0 Å². The summed E-state index contributed by atoms with van der Waals surface area (Å²) in [6, 6.07) is 12.3. The zero-order valence-corrected chi connectivity index (χ0v) is 14.0. The third-order valence-electron chi connectivity index (χ3n) is 4.45. The van der Waals surface area contributed by atoms with Crippen LogP contribution in [0.15, 0.2) is 36.4 Å². The fraction of sp³-hybridized carbons (Fsp3) is 0.444. The molecule has 2 atom stereocenters. The van der Waals surface area contributed by atoms with Crippen LogP contribution in [0.3, 0.4) is 0 Å². The first-order valence-electron chi connectivity index (χ1n) is 8.17. The van der Waals surface area contributed by atoms with Crippen molar-refractivity contribution in [3.8, 4) is 0 Å². The smallest absolute Gasteiger partial charge is 0.244 e. The van der Waals surface area contributed by atoms with E-state index in [0.717, 1.165) is 30.9 Å². The van der Waals surface area contributed by atoms with Gasteiger partial charge < -0.3 is 10.2 Å². The molecule has 2 aromatic rings. The largest absolute Gasteiger partial charge is 0.369 e. The quantitative estimate of drug-likeness (QED) is 0.943. The van der Waals surface area contributed by atoms with Crippen molar-refractivity contribution in [3.63, 3.8) is 0 Å². The average molecular weight is 312 g/mol. The van der Waals surface area contributed by atoms with Gasteiger partial charge in [-0.05, 0) is 45.4 Å². The van der Waals surface area contributed by atoms with Gasteiger partial charge >= 0.3 is 0 Å². The van der Waals surface area contributed by atoms with Crippen LogP contribution in [0.5, 0.6) is 0 Å². The molecule has 1 aliphatic heterocycles. The molecule has 1 N–H and O–H groups in total. The van der Waals surface area contributed by atoms with E-state index in [1.165, 1.54) is 5.69 Å². The first-order chi connectivity index (χ1) is 11.0. The summed E-state index contributed by atoms with van der Waals surface area (Å²) in [7, 11) is 0. The third kappa shape index (κ3) is 3.38. The lowest BCUT2D eigenvalue weighted by Gasteiger charge is -2.20. The lowest BCUT2D eigenvalue weighted by molar-refractivity contribution is -0.124. The van der Waals surface area contributed by atoms with E-state index in [9.17, 15) is 4.79 Å². The molecule has 5 heteroatoms. The van der Waals surface area contributed by atoms with Crippen molar-refractivity contribution in [2.45, 2.75) is 39.3 Å². The number of carbonyl (C=O) groups excluding carboxylic acids is 1. The Morgan fingerprint density at radius 1 is 1.30 bits per heavy atom. The average Bonchev–Trinajstić information content (AvgIpc) is 3.13. The Morgan fingerprint density at radius 3 is 2.70 bits per heavy atom. The zero-order valence-electron chi connectivity index (χ0n) is 14.0. The second-order valence-electron chi connectivity index (χ2n) is 6.32. The number of carbonyl (C=O) groups is 1. The van der Waals surface area contributed by atoms with E-state index in [4.69, 9.17) is 0 Å². The molecule has 122 valence electrons. The Bertz CT molecular complexity index is 680. The standard InChI is InChI=1S/C18H24N4O/c1-13-11-14(2)22(20-13)15(3)18(23)19-16-9-10-21(12-16)17-7-5-4-6-8-17/h4-8,11,15-16H,9-10,12H2,1-3H3,(H,19,23)/t15-,16+/m1/s1. The summed E-state index contributed by atoms with van der Waals surface area (Å²) in [5.74, 6) is 0.0381. The number of hydrogen-bond acceptors (Lipinski definition) is 3. The molecule has 3 rings (SSSR count). The van der Waals surface area contributed by atoms with E-state index in [1.54, 1.807) is 4.68 Å². The van der Waals surface area contributed by atoms with Crippen LogP contribution in [0.2, 0.25) is 0 Å². The molecule has 0 bridgehead atoms. The van der Waals surface area contributed by atoms with Crippen molar-refractivity contribution in [3.05, 3.63) is 47.8 Å². The van der Waals surface area contributed by atoms with E-state index >= 15 is 0 Å². The van der Waals surface area contributed by atoms with Gasteiger partial charge in [0.2, 0.25) is 5.91 Å². The van der Waals surface area contributed by atoms with Crippen molar-refractivity contribution in [1.82, 2.24) is 15.1 Å². The number of rotatable bonds is 4. The summed E-state index contributed by atoms with van der Waals surface area (Å²) < 4.78 is 1.80. The molecule has 1 amide bonds. The molecular weight excluding hydrogens is 288 g/mol. The maximum Gasteiger partial charge on any atom is 0.244 e. The Hall–Kier alpha value is -2.30. The minimum absolute atomic E-state index is 0.0381. The highest BCUT2D eigenvalue weighted by Gasteiger charge is 2.26. The second kappa shape index (κ2) is 6.44. The Kier molecular flexibility index (Phi) is 4.37. The van der Waals surface area contributed by atoms with Gasteiger partial charge in [0.15, 0.2) is 0 Å². The molecule has 0 unspecified atom stereocenters. The summed E-state index contributed by atoms with van der Waals surface area (Å²) in [5, 5.41) is 7.59. The molecule has 1 fully saturated rings. The zero-order chi connectivity index (χ0) is 16.4. The highest BCUT2D eigenvalue weighted by Crippen LogP contribution is 2.20. The van der Waals surface area contributed by atoms with E-state index in [1.807, 2.05) is 45.0 Å². The molecule has 23 heavy (non-hydrogen) atoms. The minimum atomic E-state index is -0.283. The Morgan fingerprint density at radius 2 is 2.04 bits per heavy atom. The van der Waals surface area contributed by atoms with Crippen LogP contribution in [0.1, 0.15) is 30.8 Å². The van der Waals surface area contributed by atoms with Gasteiger partial charge in [-0.3, -0.25) is 9.48 Å². The minimum Gasteiger partial charge on any atom is -0.369 e. The Balaban J connectivity index is 1.60. The van der Waals surface area contributed by atoms with Crippen LogP contribution >= 0.6 is 0 Å². The predicted molar refractivity (Wildman–Crippen MR) is 91.6 cm³/mol. The first kappa shape index (κ1) is 15.6. The van der Waals surface area contributed by atoms with Crippen LogP contribution in [0.4, 0.5) is 5.69 Å². The molecule has 0 saturated carbocycles. The normalized spacial score (nSPS) is 18.9. The molecular formula is C18H24N4O. The molecule has 2 heterocycles. The van der Waals surface area contributed by atoms with Gasteiger partial charge in [0.1, 0.15) is 6.04 Å². The van der Waals surface area contributed by atoms with Gasteiger partial charge in [-0.2, -0.15) is 5.10 Å². The molecule has 1 saturated heterocycles. The number of para-hydroxylation sites is 1. The molecule has 0 aliphatic carbocycles. The Labute approximate surface area is 137 Å². The first-order valence-corrected chi connectivity index (χ1v) is 8.17. The molecule has 1 aromatic carbocycles. The summed E-state index contributed by atoms with van der Waals surface area (Å²) in [4.78, 5) is 14.8. The van der Waals surface area contributed by atoms with E-state index in [2.05, 4.69) is 27.4 Å². The van der Waals surface area contributed by atoms with Gasteiger partial charge in [0.05, 0.1) is 5.69 Å². The van der Waals surface area contributed by atoms with Gasteiger partial charge in [0, 0.05) is 30.5 Å². The maximum absolute atomic E-state index is 12.5. The summed E-state index contributed by atoms with van der Waals surface area (Å²) in [6.45, 7) is 7.67. The summed E-state index contributed by atoms with van der Waals surface area (Å²) >= 11 is 0. The monoisotopic (exact) mass is 312 g/mol. The molecule has 0 radical (unpaired) electrons. The lowest BCUT2D eigenvalue weighted by atomic mass is 10.2. The van der Waals surface area contributed by atoms with Crippen molar-refractivity contribution >= 4 is 11.6 Å². The van der Waals surface area contributed by atoms with Crippen LogP contribution in [0.25, 0.3) is 0 Å². The van der Waals surface area contributed by atoms with E-state index in [-0.39, 0.29) is 18.0 Å². The van der Waals surface area contributed by atoms with Crippen molar-refractivity contribution in [2.75, 3.05) is 18.0 Å². The SMILES string of the molecule is Cc1cc(C)n([C@H](C)C(=O)N[C@H]2CCN(c3ccccc3)C2)n1. The fourth-order valence-corrected chi connectivity index (χ4v) is 3.22. The van der Waals surface area contributed by atoms with Crippen molar-refractivity contribution in [1.29, 1.82) is 0 Å². The van der Waals surface area contributed by atoms with Gasteiger partial charge in [-0.15, -0.1) is 0 Å². The topological polar surface area (TPSA) is 50.2 Å². The van der Waals surface area contributed by atoms with Crippen LogP contribution < -0.4 is 10.2 Å². The van der Waals surface area contributed by atoms with Crippen LogP contribution in [-0.2, 0) is 4.79 Å². The van der Waals surface area contributed by atoms with Crippen molar-refractivity contribution < 1.29 is 4.79 Å². The number of benzene rings is 1. The van der Waals surface area contributed by atoms with Gasteiger partial charge in [0.25, 0.3) is 0 Å². The molecule has 1 aromatic heterocycles. The summed E-state index contributed by atoms with van der Waals surface area (Å²) in [5.41, 5.74) is 3.18. The fourth-order valence-electron chi connectivity index (χ4n) is 3.22. The number of aromatic nitrogens is 2. The highest BCUT2D eigenvalue weighted by molar-refractivity contribution is 5.80. The second-order valence-corrected chi connectivity index (χ2v) is 6.32. The third-order valence-corrected chi connectivity index (χ3v) is 4.45. The molecule has 0 spiro atoms. The number of nitrogens with one attached hydrogen (secondary N) is 1. The summed E-state index contributed by atoms with van der Waals surface area (Å²) in [6.07, 6.45) is 0.977. The number of hydrogen-bond donors (Lipinski definition) is 1. The number of amides is 1. The van der Waals surface area contributed by atoms with Crippen LogP contribution in [0, 0.1) is 13.8 Å². The molecule has 1 aliphatic rings. The van der Waals surface area contributed by atoms with Gasteiger partial charge in [-0.1, -0.05) is 18.2 Å².